The number of carbonyl (C=O) groups is 1. The van der Waals surface area contributed by atoms with Crippen molar-refractivity contribution in [3.05, 3.63) is 93.8 Å². The van der Waals surface area contributed by atoms with Crippen LogP contribution in [-0.4, -0.2) is 51.9 Å². The third kappa shape index (κ3) is 4.15. The molecule has 2 aromatic carbocycles. The summed E-state index contributed by atoms with van der Waals surface area (Å²) >= 11 is 5.95. The zero-order chi connectivity index (χ0) is 23.7. The number of carbonyl (C=O) groups excluding carboxylic acids is 1. The normalized spacial score (nSPS) is 13.8. The summed E-state index contributed by atoms with van der Waals surface area (Å²) in [5.41, 5.74) is 3.40. The Hall–Kier alpha value is -4.04. The first-order valence-electron chi connectivity index (χ1n) is 10.8. The van der Waals surface area contributed by atoms with E-state index in [-0.39, 0.29) is 11.6 Å². The molecular weight excluding hydrogens is 454 g/mol. The van der Waals surface area contributed by atoms with Crippen molar-refractivity contribution in [2.24, 2.45) is 0 Å². The van der Waals surface area contributed by atoms with Crippen LogP contribution in [0.2, 0.25) is 5.02 Å². The standard InChI is InChI=1S/C25H20ClN5O3/c26-18-5-6-23(24(15-18)31(33)34)29-11-13-30(14-12-29)25(32)20-16-22(17-7-9-27-10-8-17)28-21-4-2-1-3-19(20)21/h1-10,15-16H,11-14H2. The summed E-state index contributed by atoms with van der Waals surface area (Å²) in [6.45, 7) is 1.85. The summed E-state index contributed by atoms with van der Waals surface area (Å²) in [5, 5.41) is 12.6. The molecular formula is C25H20ClN5O3. The maximum atomic E-state index is 13.6. The van der Waals surface area contributed by atoms with E-state index in [2.05, 4.69) is 4.98 Å². The average Bonchev–Trinajstić information content (AvgIpc) is 2.88. The van der Waals surface area contributed by atoms with Gasteiger partial charge in [0.05, 0.1) is 21.7 Å². The van der Waals surface area contributed by atoms with Crippen molar-refractivity contribution in [3.63, 3.8) is 0 Å². The molecule has 9 heteroatoms. The number of hydrogen-bond donors (Lipinski definition) is 0. The summed E-state index contributed by atoms with van der Waals surface area (Å²) < 4.78 is 0. The molecule has 34 heavy (non-hydrogen) atoms. The van der Waals surface area contributed by atoms with Crippen LogP contribution in [0, 0.1) is 10.1 Å². The minimum absolute atomic E-state index is 0.0330. The van der Waals surface area contributed by atoms with Crippen LogP contribution in [0.3, 0.4) is 0 Å². The van der Waals surface area contributed by atoms with Crippen LogP contribution in [0.25, 0.3) is 22.2 Å². The number of aromatic nitrogens is 2. The maximum absolute atomic E-state index is 13.6. The van der Waals surface area contributed by atoms with Gasteiger partial charge in [-0.15, -0.1) is 0 Å². The second-order valence-corrected chi connectivity index (χ2v) is 8.41. The largest absolute Gasteiger partial charge is 0.362 e. The number of amides is 1. The number of nitro benzene ring substituents is 1. The van der Waals surface area contributed by atoms with E-state index in [4.69, 9.17) is 16.6 Å². The minimum atomic E-state index is -0.428. The number of hydrogen-bond acceptors (Lipinski definition) is 6. The third-order valence-corrected chi connectivity index (χ3v) is 6.20. The van der Waals surface area contributed by atoms with Gasteiger partial charge in [0.15, 0.2) is 0 Å². The molecule has 0 atom stereocenters. The second-order valence-electron chi connectivity index (χ2n) is 7.98. The molecule has 3 heterocycles. The molecule has 170 valence electrons. The number of halogens is 1. The predicted molar refractivity (Wildman–Crippen MR) is 131 cm³/mol. The van der Waals surface area contributed by atoms with E-state index in [1.54, 1.807) is 29.4 Å². The number of para-hydroxylation sites is 1. The highest BCUT2D eigenvalue weighted by molar-refractivity contribution is 6.30. The number of nitro groups is 1. The lowest BCUT2D eigenvalue weighted by Crippen LogP contribution is -2.49. The zero-order valence-electron chi connectivity index (χ0n) is 18.1. The Balaban J connectivity index is 1.42. The molecule has 1 saturated heterocycles. The molecule has 1 fully saturated rings. The molecule has 0 bridgehead atoms. The van der Waals surface area contributed by atoms with Gasteiger partial charge in [-0.25, -0.2) is 4.98 Å². The smallest absolute Gasteiger partial charge is 0.294 e. The van der Waals surface area contributed by atoms with E-state index in [1.165, 1.54) is 6.07 Å². The van der Waals surface area contributed by atoms with Gasteiger partial charge in [0.25, 0.3) is 11.6 Å². The van der Waals surface area contributed by atoms with Crippen LogP contribution < -0.4 is 4.90 Å². The first-order chi connectivity index (χ1) is 16.5. The summed E-state index contributed by atoms with van der Waals surface area (Å²) in [7, 11) is 0. The van der Waals surface area contributed by atoms with E-state index in [0.717, 1.165) is 16.5 Å². The third-order valence-electron chi connectivity index (χ3n) is 5.96. The first kappa shape index (κ1) is 21.8. The van der Waals surface area contributed by atoms with Crippen molar-refractivity contribution < 1.29 is 9.72 Å². The molecule has 1 amide bonds. The van der Waals surface area contributed by atoms with Crippen molar-refractivity contribution in [1.82, 2.24) is 14.9 Å². The number of piperazine rings is 1. The van der Waals surface area contributed by atoms with Gasteiger partial charge in [-0.2, -0.15) is 0 Å². The Labute approximate surface area is 200 Å². The van der Waals surface area contributed by atoms with Crippen molar-refractivity contribution in [2.75, 3.05) is 31.1 Å². The van der Waals surface area contributed by atoms with Gasteiger partial charge in [0, 0.05) is 60.6 Å². The van der Waals surface area contributed by atoms with Crippen LogP contribution >= 0.6 is 11.6 Å². The van der Waals surface area contributed by atoms with Crippen LogP contribution in [0.5, 0.6) is 0 Å². The first-order valence-corrected chi connectivity index (χ1v) is 11.2. The minimum Gasteiger partial charge on any atom is -0.362 e. The second kappa shape index (κ2) is 9.07. The van der Waals surface area contributed by atoms with E-state index >= 15 is 0 Å². The number of pyridine rings is 2. The van der Waals surface area contributed by atoms with Crippen molar-refractivity contribution in [1.29, 1.82) is 0 Å². The number of nitrogens with zero attached hydrogens (tertiary/aromatic N) is 5. The molecule has 1 aliphatic heterocycles. The quantitative estimate of drug-likeness (QED) is 0.311. The van der Waals surface area contributed by atoms with Crippen molar-refractivity contribution >= 4 is 39.8 Å². The number of fused-ring (bicyclic) bond motifs is 1. The Bertz CT molecular complexity index is 1390. The van der Waals surface area contributed by atoms with Crippen LogP contribution in [0.1, 0.15) is 10.4 Å². The van der Waals surface area contributed by atoms with E-state index < -0.39 is 4.92 Å². The fraction of sp³-hybridized carbons (Fsp3) is 0.160. The summed E-state index contributed by atoms with van der Waals surface area (Å²) in [4.78, 5) is 37.2. The number of rotatable bonds is 4. The Kier molecular flexibility index (Phi) is 5.81. The van der Waals surface area contributed by atoms with Gasteiger partial charge in [0.1, 0.15) is 5.69 Å². The topological polar surface area (TPSA) is 92.5 Å². The number of benzene rings is 2. The van der Waals surface area contributed by atoms with E-state index in [9.17, 15) is 14.9 Å². The van der Waals surface area contributed by atoms with Gasteiger partial charge in [-0.3, -0.25) is 19.9 Å². The lowest BCUT2D eigenvalue weighted by atomic mass is 10.0. The summed E-state index contributed by atoms with van der Waals surface area (Å²) in [6, 6.07) is 17.8. The highest BCUT2D eigenvalue weighted by Crippen LogP contribution is 2.32. The Morgan fingerprint density at radius 3 is 2.44 bits per heavy atom. The van der Waals surface area contributed by atoms with Gasteiger partial charge in [-0.1, -0.05) is 29.8 Å². The SMILES string of the molecule is O=C(c1cc(-c2ccncc2)nc2ccccc12)N1CCN(c2ccc(Cl)cc2[N+](=O)[O-])CC1. The molecule has 2 aromatic heterocycles. The molecule has 0 saturated carbocycles. The molecule has 5 rings (SSSR count). The predicted octanol–water partition coefficient (Wildman–Crippen LogP) is 4.82. The fourth-order valence-electron chi connectivity index (χ4n) is 4.25. The molecule has 8 nitrogen and oxygen atoms in total. The van der Waals surface area contributed by atoms with Gasteiger partial charge in [0.2, 0.25) is 0 Å². The maximum Gasteiger partial charge on any atom is 0.294 e. The van der Waals surface area contributed by atoms with Crippen LogP contribution in [0.15, 0.2) is 73.1 Å². The molecule has 0 radical (unpaired) electrons. The monoisotopic (exact) mass is 473 g/mol. The summed E-state index contributed by atoms with van der Waals surface area (Å²) in [6.07, 6.45) is 3.39. The van der Waals surface area contributed by atoms with Gasteiger partial charge in [-0.05, 0) is 36.4 Å². The van der Waals surface area contributed by atoms with Crippen molar-refractivity contribution in [3.8, 4) is 11.3 Å². The lowest BCUT2D eigenvalue weighted by Gasteiger charge is -2.36. The highest BCUT2D eigenvalue weighted by Gasteiger charge is 2.27. The van der Waals surface area contributed by atoms with E-state index in [0.29, 0.717) is 48.1 Å². The molecule has 0 aliphatic carbocycles. The van der Waals surface area contributed by atoms with Crippen LogP contribution in [0.4, 0.5) is 11.4 Å². The van der Waals surface area contributed by atoms with Crippen molar-refractivity contribution in [2.45, 2.75) is 0 Å². The van der Waals surface area contributed by atoms with Gasteiger partial charge >= 0.3 is 0 Å². The molecule has 0 spiro atoms. The molecule has 0 N–H and O–H groups in total. The number of anilines is 1. The zero-order valence-corrected chi connectivity index (χ0v) is 18.9. The van der Waals surface area contributed by atoms with E-state index in [1.807, 2.05) is 47.4 Å². The summed E-state index contributed by atoms with van der Waals surface area (Å²) in [5.74, 6) is -0.0841. The van der Waals surface area contributed by atoms with Gasteiger partial charge < -0.3 is 9.80 Å². The Morgan fingerprint density at radius 2 is 1.71 bits per heavy atom. The van der Waals surface area contributed by atoms with Crippen LogP contribution in [-0.2, 0) is 0 Å². The Morgan fingerprint density at radius 1 is 0.971 bits per heavy atom. The fourth-order valence-corrected chi connectivity index (χ4v) is 4.42. The molecule has 0 unspecified atom stereocenters. The molecule has 1 aliphatic rings. The average molecular weight is 474 g/mol. The highest BCUT2D eigenvalue weighted by atomic mass is 35.5. The molecule has 4 aromatic rings. The lowest BCUT2D eigenvalue weighted by molar-refractivity contribution is -0.384.